The van der Waals surface area contributed by atoms with Crippen LogP contribution in [0.5, 0.6) is 11.5 Å². The van der Waals surface area contributed by atoms with Crippen LogP contribution in [0.3, 0.4) is 0 Å². The van der Waals surface area contributed by atoms with E-state index in [0.29, 0.717) is 115 Å². The largest absolute Gasteiger partial charge is 0.508 e. The van der Waals surface area contributed by atoms with Gasteiger partial charge in [-0.25, -0.2) is 14.4 Å². The fourth-order valence-electron chi connectivity index (χ4n) is 11.0. The summed E-state index contributed by atoms with van der Waals surface area (Å²) in [5.41, 5.74) is 4.97. The fourth-order valence-corrected chi connectivity index (χ4v) is 11.3. The van der Waals surface area contributed by atoms with Crippen molar-refractivity contribution in [3.05, 3.63) is 58.6 Å². The number of ether oxygens (including phenoxy) is 11. The van der Waals surface area contributed by atoms with Crippen LogP contribution in [0.4, 0.5) is 14.4 Å². The Bertz CT molecular complexity index is 2620. The Labute approximate surface area is 615 Å². The third kappa shape index (κ3) is 42.2. The molecule has 8 heterocycles. The van der Waals surface area contributed by atoms with E-state index < -0.39 is 22.9 Å². The third-order valence-corrected chi connectivity index (χ3v) is 16.5. The topological polar surface area (TPSA) is 398 Å². The quantitative estimate of drug-likeness (QED) is 0.108. The normalized spacial score (nSPS) is 23.4. The summed E-state index contributed by atoms with van der Waals surface area (Å²) in [6, 6.07) is 12.8. The zero-order valence-corrected chi connectivity index (χ0v) is 63.3. The number of likely N-dealkylation sites (tertiary alicyclic amines) is 4. The SMILES string of the molecule is CC(C)(C)OC(=O)N1CCC(CO)C1.CC(C)(C)OC(=O)N1CCCC(O)C1.CC(C)(C)OC(=O)N1CCCC(O)CC1.N#Cc1ccc(O)cc1.NCCCO.OC1CCC(C2OCCO2)CC1.OC1CCCN(CC2OCCO2)C1.OCCC1OCCO1.Oc1ccc(C2OCCO2)c(Cl)c1. The predicted molar refractivity (Wildman–Crippen MR) is 383 cm³/mol. The molecule has 9 fully saturated rings. The molecule has 29 nitrogen and oxygen atoms in total. The van der Waals surface area contributed by atoms with Gasteiger partial charge in [0.2, 0.25) is 0 Å². The van der Waals surface area contributed by atoms with E-state index in [1.807, 2.05) is 68.4 Å². The molecule has 0 aromatic heterocycles. The van der Waals surface area contributed by atoms with E-state index in [0.717, 1.165) is 115 Å². The maximum atomic E-state index is 11.7. The molecule has 3 amide bonds. The number of benzene rings is 2. The number of halogens is 1. The first-order chi connectivity index (χ1) is 48.8. The van der Waals surface area contributed by atoms with Crippen LogP contribution in [0.25, 0.3) is 0 Å². The van der Waals surface area contributed by atoms with Gasteiger partial charge < -0.3 is 118 Å². The second-order valence-electron chi connectivity index (χ2n) is 28.9. The van der Waals surface area contributed by atoms with Crippen molar-refractivity contribution in [3.63, 3.8) is 0 Å². The summed E-state index contributed by atoms with van der Waals surface area (Å²) < 4.78 is 57.8. The number of nitrogens with two attached hydrogens (primary N) is 1. The molecule has 4 atom stereocenters. The number of phenolic OH excluding ortho intramolecular Hbond substituents is 2. The van der Waals surface area contributed by atoms with Gasteiger partial charge in [0.05, 0.1) is 93.9 Å². The highest BCUT2D eigenvalue weighted by Gasteiger charge is 2.33. The van der Waals surface area contributed by atoms with Gasteiger partial charge in [-0.3, -0.25) is 4.90 Å². The summed E-state index contributed by atoms with van der Waals surface area (Å²) >= 11 is 5.89. The van der Waals surface area contributed by atoms with Gasteiger partial charge in [0.15, 0.2) is 25.2 Å². The van der Waals surface area contributed by atoms with Crippen molar-refractivity contribution in [2.45, 2.75) is 219 Å². The summed E-state index contributed by atoms with van der Waals surface area (Å²) in [5.74, 6) is 1.08. The molecule has 2 aromatic rings. The van der Waals surface area contributed by atoms with E-state index in [9.17, 15) is 34.8 Å². The highest BCUT2D eigenvalue weighted by atomic mass is 35.5. The Hall–Kier alpha value is -5.05. The van der Waals surface area contributed by atoms with Crippen molar-refractivity contribution >= 4 is 29.9 Å². The average molecular weight is 1490 g/mol. The Morgan fingerprint density at radius 2 is 0.990 bits per heavy atom. The summed E-state index contributed by atoms with van der Waals surface area (Å²) in [7, 11) is 0. The molecule has 8 saturated heterocycles. The molecule has 4 unspecified atom stereocenters. The number of rotatable bonds is 9. The maximum absolute atomic E-state index is 11.7. The number of carbonyl (C=O) groups excluding carboxylic acids is 3. The number of amides is 3. The molecule has 11 rings (SSSR count). The number of aliphatic hydroxyl groups excluding tert-OH is 7. The van der Waals surface area contributed by atoms with Crippen LogP contribution in [0.2, 0.25) is 5.02 Å². The second-order valence-corrected chi connectivity index (χ2v) is 29.3. The van der Waals surface area contributed by atoms with Gasteiger partial charge in [-0.15, -0.1) is 0 Å². The van der Waals surface area contributed by atoms with Crippen LogP contribution in [0.1, 0.15) is 170 Å². The van der Waals surface area contributed by atoms with Gasteiger partial charge in [-0.2, -0.15) is 5.26 Å². The maximum Gasteiger partial charge on any atom is 0.410 e. The summed E-state index contributed by atoms with van der Waals surface area (Å²) in [6.07, 6.45) is 9.70. The minimum atomic E-state index is -0.459. The minimum Gasteiger partial charge on any atom is -0.508 e. The fraction of sp³-hybridized carbons (Fsp3) is 0.781. The lowest BCUT2D eigenvalue weighted by molar-refractivity contribution is -0.0991. The van der Waals surface area contributed by atoms with E-state index in [4.69, 9.17) is 100 Å². The highest BCUT2D eigenvalue weighted by Crippen LogP contribution is 2.33. The van der Waals surface area contributed by atoms with Crippen molar-refractivity contribution in [1.29, 1.82) is 5.26 Å². The molecule has 0 bridgehead atoms. The highest BCUT2D eigenvalue weighted by molar-refractivity contribution is 6.31. The molecule has 1 aliphatic carbocycles. The van der Waals surface area contributed by atoms with Gasteiger partial charge in [0.1, 0.15) is 28.3 Å². The molecule has 103 heavy (non-hydrogen) atoms. The van der Waals surface area contributed by atoms with Gasteiger partial charge in [0.25, 0.3) is 0 Å². The Kier molecular flexibility index (Phi) is 45.2. The van der Waals surface area contributed by atoms with Crippen molar-refractivity contribution < 1.29 is 112 Å². The number of phenols is 2. The summed E-state index contributed by atoms with van der Waals surface area (Å²) in [6.45, 7) is 29.5. The molecule has 592 valence electrons. The lowest BCUT2D eigenvalue weighted by atomic mass is 9.87. The number of aliphatic hydroxyl groups is 7. The van der Waals surface area contributed by atoms with Crippen molar-refractivity contribution in [2.24, 2.45) is 17.6 Å². The molecule has 9 aliphatic rings. The van der Waals surface area contributed by atoms with E-state index in [2.05, 4.69) is 4.90 Å². The first-order valence-electron chi connectivity index (χ1n) is 36.4. The van der Waals surface area contributed by atoms with Crippen LogP contribution in [0, 0.1) is 23.2 Å². The molecule has 8 aliphatic heterocycles. The zero-order chi connectivity index (χ0) is 76.4. The van der Waals surface area contributed by atoms with Crippen molar-refractivity contribution in [1.82, 2.24) is 19.6 Å². The monoisotopic (exact) mass is 1490 g/mol. The number of piperidine rings is 2. The van der Waals surface area contributed by atoms with Crippen LogP contribution in [0.15, 0.2) is 42.5 Å². The van der Waals surface area contributed by atoms with Crippen molar-refractivity contribution in [3.8, 4) is 17.6 Å². The number of carbonyl (C=O) groups is 3. The lowest BCUT2D eigenvalue weighted by Crippen LogP contribution is -2.44. The van der Waals surface area contributed by atoms with Crippen LogP contribution >= 0.6 is 11.6 Å². The molecule has 2 aromatic carbocycles. The molecular formula is C73H125ClN6O23. The van der Waals surface area contributed by atoms with E-state index in [1.165, 1.54) is 18.2 Å². The van der Waals surface area contributed by atoms with E-state index in [1.54, 1.807) is 39.0 Å². The smallest absolute Gasteiger partial charge is 0.410 e. The predicted octanol–water partition coefficient (Wildman–Crippen LogP) is 7.53. The summed E-state index contributed by atoms with van der Waals surface area (Å²) in [5, 5.41) is 89.4. The second kappa shape index (κ2) is 50.5. The van der Waals surface area contributed by atoms with Crippen LogP contribution in [-0.4, -0.2) is 282 Å². The minimum absolute atomic E-state index is 0.0255. The molecule has 1 saturated carbocycles. The lowest BCUT2D eigenvalue weighted by Gasteiger charge is -2.32. The first-order valence-corrected chi connectivity index (χ1v) is 36.7. The third-order valence-electron chi connectivity index (χ3n) is 16.2. The van der Waals surface area contributed by atoms with Gasteiger partial charge >= 0.3 is 18.3 Å². The number of hydrogen-bond donors (Lipinski definition) is 10. The number of nitriles is 1. The average Bonchev–Trinajstić information content (AvgIpc) is 1.80. The van der Waals surface area contributed by atoms with Crippen LogP contribution < -0.4 is 5.73 Å². The number of hydrogen-bond acceptors (Lipinski definition) is 26. The number of aromatic hydroxyl groups is 2. The molecule has 30 heteroatoms. The van der Waals surface area contributed by atoms with Gasteiger partial charge in [0, 0.05) is 96.0 Å². The van der Waals surface area contributed by atoms with Crippen molar-refractivity contribution in [2.75, 3.05) is 138 Å². The standard InChI is InChI=1S/C11H21NO3.2C10H19NO3.C9H9ClO3.C9H17NO3.C9H16O3.C7H5NO.C5H10O3.C3H9NO/c1-11(2,3)15-10(14)12-7-4-5-9(13)6-8-12;1-10(2,3)14-9(13)11-5-4-8(6-11)7-12;1-10(2,3)14-9(13)11-6-4-5-8(12)7-11;10-8-5-6(11)1-2-7(8)9-12-3-4-13-9;11-8-2-1-3-10(6-8)7-9-12-4-5-13-9;10-8-3-1-7(2-4-8)9-11-5-6-12-9;8-5-6-1-3-7(9)4-2-6;6-2-1-5-7-3-4-8-5;4-2-1-3-5/h9,13H,4-8H2,1-3H3;2*8,12H,4-7H2,1-3H3;1-2,5,9,11H,3-4H2;8-9,11H,1-7H2;7-10H,1-6H2;1-4,9H;5-6H,1-4H2;5H,1-4H2. The summed E-state index contributed by atoms with van der Waals surface area (Å²) in [4.78, 5) is 41.9. The van der Waals surface area contributed by atoms with E-state index in [-0.39, 0.29) is 99.0 Å². The molecular weight excluding hydrogens is 1360 g/mol. The molecule has 0 radical (unpaired) electrons. The molecule has 0 spiro atoms. The number of nitrogens with zero attached hydrogens (tertiary/aromatic N) is 5. The Morgan fingerprint density at radius 1 is 0.534 bits per heavy atom. The van der Waals surface area contributed by atoms with Crippen LogP contribution in [-0.2, 0) is 52.1 Å². The first kappa shape index (κ1) is 92.2. The molecule has 11 N–H and O–H groups in total. The Balaban J connectivity index is 0.000000304. The number of β-amino-alcohol motifs (C(OH)–C–C–N with tert-alkyl or cyclic N) is 2. The Morgan fingerprint density at radius 3 is 1.47 bits per heavy atom. The van der Waals surface area contributed by atoms with E-state index >= 15 is 0 Å². The van der Waals surface area contributed by atoms with Gasteiger partial charge in [-0.1, -0.05) is 11.6 Å². The zero-order valence-electron chi connectivity index (χ0n) is 62.5. The van der Waals surface area contributed by atoms with Gasteiger partial charge in [-0.05, 0) is 201 Å².